The third-order valence-electron chi connectivity index (χ3n) is 9.10. The van der Waals surface area contributed by atoms with E-state index in [1.165, 1.54) is 0 Å². The molecule has 2 amide bonds. The van der Waals surface area contributed by atoms with E-state index in [4.69, 9.17) is 19.4 Å². The Morgan fingerprint density at radius 2 is 1.71 bits per heavy atom. The Hall–Kier alpha value is -1.74. The van der Waals surface area contributed by atoms with E-state index < -0.39 is 13.7 Å². The number of fused-ring (bicyclic) bond motifs is 1. The molecule has 9 nitrogen and oxygen atoms in total. The number of nitrogens with zero attached hydrogens (tertiary/aromatic N) is 5. The summed E-state index contributed by atoms with van der Waals surface area (Å²) in [5, 5.41) is 0.722. The highest BCUT2D eigenvalue weighted by Crippen LogP contribution is 2.43. The van der Waals surface area contributed by atoms with E-state index in [0.717, 1.165) is 59.6 Å². The molecular formula is C32H46BrFIN5O4Si. The number of aromatic nitrogens is 2. The van der Waals surface area contributed by atoms with E-state index in [-0.39, 0.29) is 23.4 Å². The number of carbonyl (C=O) groups excluding carboxylic acids is 2. The summed E-state index contributed by atoms with van der Waals surface area (Å²) in [5.74, 6) is 1.36. The number of carbonyl (C=O) groups is 2. The van der Waals surface area contributed by atoms with E-state index in [2.05, 4.69) is 63.1 Å². The molecule has 5 rings (SSSR count). The van der Waals surface area contributed by atoms with Gasteiger partial charge in [-0.2, -0.15) is 0 Å². The molecule has 248 valence electrons. The Labute approximate surface area is 289 Å². The molecule has 1 spiro atoms. The van der Waals surface area contributed by atoms with Crippen LogP contribution in [-0.2, 0) is 15.9 Å². The summed E-state index contributed by atoms with van der Waals surface area (Å²) in [4.78, 5) is 40.8. The lowest BCUT2D eigenvalue weighted by Crippen LogP contribution is -2.62. The van der Waals surface area contributed by atoms with Gasteiger partial charge in [-0.25, -0.2) is 23.9 Å². The average Bonchev–Trinajstić information content (AvgIpc) is 2.93. The number of anilines is 1. The van der Waals surface area contributed by atoms with E-state index in [1.807, 2.05) is 26.8 Å². The van der Waals surface area contributed by atoms with Crippen molar-refractivity contribution in [3.8, 4) is 0 Å². The van der Waals surface area contributed by atoms with Crippen LogP contribution in [0.3, 0.4) is 0 Å². The Morgan fingerprint density at radius 3 is 2.31 bits per heavy atom. The topological polar surface area (TPSA) is 88.1 Å². The molecular weight excluding hydrogens is 772 g/mol. The molecule has 0 radical (unpaired) electrons. The van der Waals surface area contributed by atoms with Crippen molar-refractivity contribution in [2.75, 3.05) is 50.8 Å². The van der Waals surface area contributed by atoms with Gasteiger partial charge in [0.2, 0.25) is 0 Å². The Balaban J connectivity index is 1.25. The molecule has 4 heterocycles. The molecule has 0 bridgehead atoms. The second-order valence-corrected chi connectivity index (χ2v) is 22.8. The maximum Gasteiger partial charge on any atom is 0.410 e. The molecule has 3 saturated heterocycles. The van der Waals surface area contributed by atoms with Crippen LogP contribution in [0, 0.1) is 20.7 Å². The standard InChI is InChI=1S/C32H46BrFIN5O4Si/c1-31(2,3)44-30(42)40-19-32(20-40)9-13-38(14-10-32)28-22-18-23(35)25(33)26(34)27(22)36-24(37-28)17-21-7-11-39(12-8-21)29(41)43-15-16-45(4,5)6/h18,21H,7-17,19-20H2,1-6H3. The number of benzene rings is 1. The lowest BCUT2D eigenvalue weighted by atomic mass is 9.72. The summed E-state index contributed by atoms with van der Waals surface area (Å²) >= 11 is 5.56. The van der Waals surface area contributed by atoms with Crippen LogP contribution in [-0.4, -0.2) is 91.5 Å². The van der Waals surface area contributed by atoms with Crippen LogP contribution in [0.1, 0.15) is 52.3 Å². The molecule has 1 aromatic heterocycles. The monoisotopic (exact) mass is 817 g/mol. The van der Waals surface area contributed by atoms with E-state index in [1.54, 1.807) is 9.80 Å². The van der Waals surface area contributed by atoms with Gasteiger partial charge in [0, 0.05) is 68.1 Å². The maximum absolute atomic E-state index is 15.6. The van der Waals surface area contributed by atoms with Crippen molar-refractivity contribution in [1.29, 1.82) is 0 Å². The number of hydrogen-bond donors (Lipinski definition) is 0. The number of likely N-dealkylation sites (tertiary alicyclic amines) is 2. The van der Waals surface area contributed by atoms with Crippen molar-refractivity contribution in [1.82, 2.24) is 19.8 Å². The minimum Gasteiger partial charge on any atom is -0.450 e. The van der Waals surface area contributed by atoms with Gasteiger partial charge in [-0.3, -0.25) is 0 Å². The molecule has 3 aliphatic rings. The Morgan fingerprint density at radius 1 is 1.07 bits per heavy atom. The minimum absolute atomic E-state index is 0.0889. The highest BCUT2D eigenvalue weighted by Gasteiger charge is 2.48. The second-order valence-electron chi connectivity index (χ2n) is 15.2. The van der Waals surface area contributed by atoms with Gasteiger partial charge in [0.05, 0.1) is 11.1 Å². The fourth-order valence-electron chi connectivity index (χ4n) is 6.38. The summed E-state index contributed by atoms with van der Waals surface area (Å²) in [5.41, 5.74) is -0.0798. The van der Waals surface area contributed by atoms with E-state index >= 15 is 4.39 Å². The minimum atomic E-state index is -1.26. The van der Waals surface area contributed by atoms with E-state index in [9.17, 15) is 9.59 Å². The van der Waals surface area contributed by atoms with Gasteiger partial charge in [-0.15, -0.1) is 0 Å². The van der Waals surface area contributed by atoms with Crippen LogP contribution in [0.5, 0.6) is 0 Å². The van der Waals surface area contributed by atoms with Crippen LogP contribution in [0.2, 0.25) is 25.7 Å². The number of amides is 2. The molecule has 1 aromatic carbocycles. The van der Waals surface area contributed by atoms with Gasteiger partial charge >= 0.3 is 12.2 Å². The van der Waals surface area contributed by atoms with Gasteiger partial charge in [-0.05, 0) is 103 Å². The van der Waals surface area contributed by atoms with Crippen LogP contribution in [0.4, 0.5) is 19.8 Å². The summed E-state index contributed by atoms with van der Waals surface area (Å²) in [6, 6.07) is 2.93. The number of piperidine rings is 2. The van der Waals surface area contributed by atoms with Gasteiger partial charge in [0.1, 0.15) is 22.8 Å². The van der Waals surface area contributed by atoms with Crippen LogP contribution < -0.4 is 4.90 Å². The van der Waals surface area contributed by atoms with Crippen molar-refractivity contribution in [2.45, 2.75) is 84.2 Å². The van der Waals surface area contributed by atoms with Crippen molar-refractivity contribution in [2.24, 2.45) is 11.3 Å². The molecule has 0 N–H and O–H groups in total. The lowest BCUT2D eigenvalue weighted by molar-refractivity contribution is -0.0434. The SMILES string of the molecule is CC(C)(C)OC(=O)N1CC2(CCN(c3nc(CC4CCN(C(=O)OCC[Si](C)(C)C)CC4)nc4c(F)c(Br)c(I)cc34)CC2)C1. The van der Waals surface area contributed by atoms with Crippen molar-refractivity contribution < 1.29 is 23.5 Å². The van der Waals surface area contributed by atoms with Gasteiger partial charge in [-0.1, -0.05) is 19.6 Å². The summed E-state index contributed by atoms with van der Waals surface area (Å²) in [7, 11) is -1.26. The zero-order chi connectivity index (χ0) is 32.7. The average molecular weight is 819 g/mol. The first kappa shape index (κ1) is 34.6. The Bertz CT molecular complexity index is 1430. The molecule has 3 fully saturated rings. The van der Waals surface area contributed by atoms with Crippen LogP contribution >= 0.6 is 38.5 Å². The predicted octanol–water partition coefficient (Wildman–Crippen LogP) is 7.70. The van der Waals surface area contributed by atoms with Gasteiger partial charge in [0.15, 0.2) is 5.82 Å². The quantitative estimate of drug-likeness (QED) is 0.168. The molecule has 13 heteroatoms. The first-order valence-electron chi connectivity index (χ1n) is 16.0. The Kier molecular flexibility index (Phi) is 10.3. The molecule has 2 aromatic rings. The maximum atomic E-state index is 15.6. The normalized spacial score (nSPS) is 19.2. The summed E-state index contributed by atoms with van der Waals surface area (Å²) < 4.78 is 28.0. The van der Waals surface area contributed by atoms with Gasteiger partial charge in [0.25, 0.3) is 0 Å². The molecule has 45 heavy (non-hydrogen) atoms. The molecule has 0 aliphatic carbocycles. The molecule has 0 atom stereocenters. The van der Waals surface area contributed by atoms with E-state index in [0.29, 0.717) is 60.9 Å². The van der Waals surface area contributed by atoms with Crippen molar-refractivity contribution >= 4 is 75.5 Å². The number of halogens is 3. The fraction of sp³-hybridized carbons (Fsp3) is 0.688. The lowest BCUT2D eigenvalue weighted by Gasteiger charge is -2.53. The van der Waals surface area contributed by atoms with Crippen LogP contribution in [0.15, 0.2) is 10.5 Å². The zero-order valence-electron chi connectivity index (χ0n) is 27.4. The number of ether oxygens (including phenoxy) is 2. The molecule has 0 unspecified atom stereocenters. The highest BCUT2D eigenvalue weighted by atomic mass is 127. The van der Waals surface area contributed by atoms with Crippen molar-refractivity contribution in [3.05, 3.63) is 25.8 Å². The largest absolute Gasteiger partial charge is 0.450 e. The molecule has 3 aliphatic heterocycles. The van der Waals surface area contributed by atoms with Crippen molar-refractivity contribution in [3.63, 3.8) is 0 Å². The predicted molar refractivity (Wildman–Crippen MR) is 189 cm³/mol. The fourth-order valence-corrected chi connectivity index (χ4v) is 7.94. The first-order valence-corrected chi connectivity index (χ1v) is 21.6. The highest BCUT2D eigenvalue weighted by molar-refractivity contribution is 14.1. The van der Waals surface area contributed by atoms with Crippen LogP contribution in [0.25, 0.3) is 10.9 Å². The zero-order valence-corrected chi connectivity index (χ0v) is 32.1. The summed E-state index contributed by atoms with van der Waals surface area (Å²) in [6.45, 7) is 17.2. The third-order valence-corrected chi connectivity index (χ3v) is 13.2. The number of rotatable bonds is 6. The first-order chi connectivity index (χ1) is 21.0. The third kappa shape index (κ3) is 8.41. The smallest absolute Gasteiger partial charge is 0.410 e. The summed E-state index contributed by atoms with van der Waals surface area (Å²) in [6.07, 6.45) is 3.68. The second kappa shape index (κ2) is 13.4. The molecule has 0 saturated carbocycles. The number of hydrogen-bond acceptors (Lipinski definition) is 7. The van der Waals surface area contributed by atoms with Gasteiger partial charge < -0.3 is 24.2 Å².